The first kappa shape index (κ1) is 91.0. The number of fused-ring (bicyclic) bond motifs is 3. The standard InChI is InChI=1S/C13H18.C12H16.C9H12.C8H8O.C7H14.C6H12.C5H5N.2C4H10.7C2H6/c1-10(2)12-9-5-7-11-6-3-4-8-13(11)12;1-9(2)11-8-7-10-5-3-4-6-12(10)11;1-8(2)9-6-4-3-5-7-9;1-2-4-8-7(3-1)5-6-9-8;1-6(2)7-4-3-5-7;1-5(2)6-3-4-6;1-2-4-6-5-3-1;2*1-4(2)3;7*1-2/h3-4,6,8,10,12H,5,7,9H2,1-2H3;3-6,9,11H,7-8H2,1-2H3;3-8H,1-2H3;1-4H,5-6H2;6-7H,3-5H2,1-2H3;5-6H,3-4H2,1-2H3;1-5H;2*4H,1-3H3;7*1-2H3. The van der Waals surface area contributed by atoms with Crippen LogP contribution >= 0.6 is 0 Å². The largest absolute Gasteiger partial charge is 0.493 e. The molecule has 2 fully saturated rings. The molecule has 5 aliphatic rings. The van der Waals surface area contributed by atoms with E-state index in [0.29, 0.717) is 5.92 Å². The van der Waals surface area contributed by atoms with Crippen molar-refractivity contribution in [2.75, 3.05) is 6.61 Å². The van der Waals surface area contributed by atoms with E-state index in [-0.39, 0.29) is 0 Å². The zero-order chi connectivity index (χ0) is 65.8. The minimum Gasteiger partial charge on any atom is -0.493 e. The molecular formula is C82H147NO. The van der Waals surface area contributed by atoms with Crippen LogP contribution in [-0.2, 0) is 19.3 Å². The zero-order valence-corrected chi connectivity index (χ0v) is 61.9. The lowest BCUT2D eigenvalue weighted by Gasteiger charge is -2.28. The van der Waals surface area contributed by atoms with E-state index < -0.39 is 0 Å². The third-order valence-electron chi connectivity index (χ3n) is 13.5. The number of hydrogen-bond donors (Lipinski definition) is 0. The van der Waals surface area contributed by atoms with Crippen LogP contribution in [0.4, 0.5) is 0 Å². The summed E-state index contributed by atoms with van der Waals surface area (Å²) in [5.41, 5.74) is 9.15. The monoisotopic (exact) mass is 1160 g/mol. The van der Waals surface area contributed by atoms with Gasteiger partial charge in [0.15, 0.2) is 0 Å². The van der Waals surface area contributed by atoms with Crippen LogP contribution in [0.25, 0.3) is 0 Å². The van der Waals surface area contributed by atoms with Gasteiger partial charge in [-0.1, -0.05) is 330 Å². The van der Waals surface area contributed by atoms with Gasteiger partial charge in [0, 0.05) is 18.8 Å². The number of pyridine rings is 1. The molecule has 4 aliphatic carbocycles. The number of aryl methyl sites for hydroxylation is 2. The number of aromatic nitrogens is 1. The molecule has 0 N–H and O–H groups in total. The fraction of sp³-hybridized carbons (Fsp3) is 0.646. The normalized spacial score (nSPS) is 14.5. The van der Waals surface area contributed by atoms with Gasteiger partial charge in [-0.05, 0) is 162 Å². The first-order valence-corrected chi connectivity index (χ1v) is 35.2. The summed E-state index contributed by atoms with van der Waals surface area (Å²) in [5, 5.41) is 0. The van der Waals surface area contributed by atoms with Crippen LogP contribution in [0.15, 0.2) is 134 Å². The van der Waals surface area contributed by atoms with E-state index in [9.17, 15) is 0 Å². The molecule has 486 valence electrons. The zero-order valence-electron chi connectivity index (χ0n) is 61.9. The van der Waals surface area contributed by atoms with Crippen LogP contribution in [0.3, 0.4) is 0 Å². The summed E-state index contributed by atoms with van der Waals surface area (Å²) in [4.78, 5) is 3.78. The van der Waals surface area contributed by atoms with Crippen LogP contribution in [0.1, 0.15) is 310 Å². The molecule has 1 aliphatic heterocycles. The maximum Gasteiger partial charge on any atom is 0.122 e. The highest BCUT2D eigenvalue weighted by molar-refractivity contribution is 5.36. The third kappa shape index (κ3) is 49.0. The topological polar surface area (TPSA) is 22.1 Å². The quantitative estimate of drug-likeness (QED) is 0.175. The van der Waals surface area contributed by atoms with Gasteiger partial charge in [-0.2, -0.15) is 0 Å². The Hall–Kier alpha value is -4.17. The van der Waals surface area contributed by atoms with E-state index in [2.05, 4.69) is 195 Å². The number of para-hydroxylation sites is 1. The van der Waals surface area contributed by atoms with E-state index in [1.54, 1.807) is 34.6 Å². The number of ether oxygens (including phenoxy) is 1. The Morgan fingerprint density at radius 1 is 0.333 bits per heavy atom. The van der Waals surface area contributed by atoms with E-state index in [4.69, 9.17) is 4.74 Å². The fourth-order valence-electron chi connectivity index (χ4n) is 8.91. The van der Waals surface area contributed by atoms with Crippen LogP contribution in [-0.4, -0.2) is 11.6 Å². The first-order chi connectivity index (χ1) is 40.4. The van der Waals surface area contributed by atoms with Crippen molar-refractivity contribution in [2.24, 2.45) is 47.3 Å². The van der Waals surface area contributed by atoms with Crippen molar-refractivity contribution in [3.63, 3.8) is 0 Å². The minimum absolute atomic E-state index is 0.659. The van der Waals surface area contributed by atoms with Gasteiger partial charge < -0.3 is 4.74 Å². The van der Waals surface area contributed by atoms with Gasteiger partial charge in [0.05, 0.1) is 6.61 Å². The summed E-state index contributed by atoms with van der Waals surface area (Å²) < 4.78 is 5.30. The molecule has 0 spiro atoms. The number of rotatable bonds is 5. The molecule has 2 nitrogen and oxygen atoms in total. The van der Waals surface area contributed by atoms with Crippen molar-refractivity contribution in [1.29, 1.82) is 0 Å². The molecular weight excluding hydrogens is 1010 g/mol. The van der Waals surface area contributed by atoms with Crippen molar-refractivity contribution < 1.29 is 4.74 Å². The molecule has 4 aromatic carbocycles. The van der Waals surface area contributed by atoms with Gasteiger partial charge >= 0.3 is 0 Å². The molecule has 84 heavy (non-hydrogen) atoms. The number of benzene rings is 4. The van der Waals surface area contributed by atoms with Crippen LogP contribution < -0.4 is 4.74 Å². The Morgan fingerprint density at radius 2 is 0.690 bits per heavy atom. The fourth-order valence-corrected chi connectivity index (χ4v) is 8.91. The van der Waals surface area contributed by atoms with E-state index >= 15 is 0 Å². The van der Waals surface area contributed by atoms with Gasteiger partial charge in [-0.3, -0.25) is 4.98 Å². The van der Waals surface area contributed by atoms with E-state index in [0.717, 1.165) is 78.0 Å². The maximum absolute atomic E-state index is 5.30. The smallest absolute Gasteiger partial charge is 0.122 e. The molecule has 2 saturated carbocycles. The molecule has 2 heterocycles. The summed E-state index contributed by atoms with van der Waals surface area (Å²) in [6.45, 7) is 64.9. The molecule has 0 amide bonds. The minimum atomic E-state index is 0.659. The highest BCUT2D eigenvalue weighted by Crippen LogP contribution is 2.39. The van der Waals surface area contributed by atoms with Gasteiger partial charge in [0.1, 0.15) is 5.75 Å². The average Bonchev–Trinajstić information content (AvgIpc) is 4.22. The van der Waals surface area contributed by atoms with Crippen LogP contribution in [0, 0.1) is 47.3 Å². The maximum atomic E-state index is 5.30. The number of hydrogen-bond acceptors (Lipinski definition) is 2. The summed E-state index contributed by atoms with van der Waals surface area (Å²) in [6.07, 6.45) is 18.8. The van der Waals surface area contributed by atoms with Crippen molar-refractivity contribution in [3.05, 3.63) is 167 Å². The molecule has 10 rings (SSSR count). The first-order valence-electron chi connectivity index (χ1n) is 35.2. The SMILES string of the molecule is CC.CC.CC.CC.CC.CC.CC.CC(C)C.CC(C)C.CC(C)C1CC1.CC(C)C1CCC1.CC(C)C1CCCc2ccccc21.CC(C)C1CCc2ccccc21.CC(C)c1ccccc1.c1ccc2c(c1)CCO2.c1ccncc1. The lowest BCUT2D eigenvalue weighted by molar-refractivity contribution is 0.235. The highest BCUT2D eigenvalue weighted by Gasteiger charge is 2.25. The predicted octanol–water partition coefficient (Wildman–Crippen LogP) is 27.7. The molecule has 5 aromatic rings. The lowest BCUT2D eigenvalue weighted by Crippen LogP contribution is -2.16. The predicted molar refractivity (Wildman–Crippen MR) is 390 cm³/mol. The Labute approximate surface area is 529 Å². The van der Waals surface area contributed by atoms with Gasteiger partial charge in [0.2, 0.25) is 0 Å². The second-order valence-electron chi connectivity index (χ2n) is 23.3. The lowest BCUT2D eigenvalue weighted by atomic mass is 9.77. The second-order valence-corrected chi connectivity index (χ2v) is 23.3. The highest BCUT2D eigenvalue weighted by atomic mass is 16.5. The molecule has 2 unspecified atom stereocenters. The van der Waals surface area contributed by atoms with Crippen LogP contribution in [0.5, 0.6) is 5.75 Å². The van der Waals surface area contributed by atoms with Gasteiger partial charge in [-0.15, -0.1) is 0 Å². The van der Waals surface area contributed by atoms with E-state index in [1.165, 1.54) is 75.3 Å². The molecule has 0 radical (unpaired) electrons. The van der Waals surface area contributed by atoms with E-state index in [1.807, 2.05) is 139 Å². The summed E-state index contributed by atoms with van der Waals surface area (Å²) in [6, 6.07) is 42.3. The molecule has 1 aromatic heterocycles. The Kier molecular flexibility index (Phi) is 70.2. The Bertz CT molecular complexity index is 1920. The summed E-state index contributed by atoms with van der Waals surface area (Å²) in [5.74, 6) is 10.7. The van der Waals surface area contributed by atoms with Crippen LogP contribution in [0.2, 0.25) is 0 Å². The van der Waals surface area contributed by atoms with Crippen molar-refractivity contribution in [1.82, 2.24) is 4.98 Å². The Balaban J connectivity index is -0.000000202. The van der Waals surface area contributed by atoms with Crippen molar-refractivity contribution >= 4 is 0 Å². The van der Waals surface area contributed by atoms with Gasteiger partial charge in [0.25, 0.3) is 0 Å². The summed E-state index contributed by atoms with van der Waals surface area (Å²) >= 11 is 0. The molecule has 0 bridgehead atoms. The average molecular weight is 1160 g/mol. The molecule has 2 heteroatoms. The molecule has 0 saturated heterocycles. The number of nitrogens with zero attached hydrogens (tertiary/aromatic N) is 1. The second kappa shape index (κ2) is 64.8. The third-order valence-corrected chi connectivity index (χ3v) is 13.5. The van der Waals surface area contributed by atoms with Crippen molar-refractivity contribution in [2.45, 2.75) is 296 Å². The Morgan fingerprint density at radius 3 is 0.988 bits per heavy atom. The molecule has 2 atom stereocenters. The summed E-state index contributed by atoms with van der Waals surface area (Å²) in [7, 11) is 0. The van der Waals surface area contributed by atoms with Crippen molar-refractivity contribution in [3.8, 4) is 5.75 Å². The van der Waals surface area contributed by atoms with Gasteiger partial charge in [-0.25, -0.2) is 0 Å².